The molecule has 0 saturated carbocycles. The highest BCUT2D eigenvalue weighted by Gasteiger charge is 2.63. The SMILES string of the molecule is COc1ccccc1CC(=O)N1C[C@H]2O[C@]3(C1)CN(C(=O)c1ccoc1)C[C@@H]3[C@@H]2CO. The van der Waals surface area contributed by atoms with E-state index in [0.29, 0.717) is 37.5 Å². The molecule has 3 aliphatic rings. The quantitative estimate of drug-likeness (QED) is 0.772. The number of nitrogens with zero attached hydrogens (tertiary/aromatic N) is 2. The molecule has 0 aliphatic carbocycles. The van der Waals surface area contributed by atoms with Crippen molar-refractivity contribution in [2.24, 2.45) is 11.8 Å². The molecule has 2 amide bonds. The molecule has 1 spiro atoms. The van der Waals surface area contributed by atoms with E-state index in [9.17, 15) is 14.7 Å². The van der Waals surface area contributed by atoms with Crippen LogP contribution in [0.1, 0.15) is 15.9 Å². The number of likely N-dealkylation sites (tertiary alicyclic amines) is 2. The summed E-state index contributed by atoms with van der Waals surface area (Å²) in [6.07, 6.45) is 2.92. The molecule has 2 aromatic rings. The number of furan rings is 1. The number of aliphatic hydroxyl groups excluding tert-OH is 1. The number of carbonyl (C=O) groups excluding carboxylic acids is 2. The lowest BCUT2D eigenvalue weighted by atomic mass is 9.83. The van der Waals surface area contributed by atoms with Crippen LogP contribution in [-0.2, 0) is 16.0 Å². The van der Waals surface area contributed by atoms with Gasteiger partial charge in [0.1, 0.15) is 17.6 Å². The molecule has 1 N–H and O–H groups in total. The van der Waals surface area contributed by atoms with Crippen molar-refractivity contribution in [3.05, 3.63) is 54.0 Å². The average molecular weight is 426 g/mol. The number of hydrogen-bond donors (Lipinski definition) is 1. The summed E-state index contributed by atoms with van der Waals surface area (Å²) in [7, 11) is 1.60. The normalized spacial score (nSPS) is 29.2. The van der Waals surface area contributed by atoms with Gasteiger partial charge in [0.25, 0.3) is 5.91 Å². The third kappa shape index (κ3) is 3.30. The molecule has 164 valence electrons. The van der Waals surface area contributed by atoms with Crippen LogP contribution in [0.2, 0.25) is 0 Å². The first-order valence-corrected chi connectivity index (χ1v) is 10.5. The van der Waals surface area contributed by atoms with E-state index in [2.05, 4.69) is 0 Å². The van der Waals surface area contributed by atoms with Crippen LogP contribution in [-0.4, -0.2) is 78.3 Å². The van der Waals surface area contributed by atoms with Crippen molar-refractivity contribution in [1.29, 1.82) is 0 Å². The van der Waals surface area contributed by atoms with E-state index in [1.54, 1.807) is 18.1 Å². The van der Waals surface area contributed by atoms with E-state index in [1.807, 2.05) is 29.2 Å². The first-order valence-electron chi connectivity index (χ1n) is 10.5. The lowest BCUT2D eigenvalue weighted by molar-refractivity contribution is -0.152. The van der Waals surface area contributed by atoms with E-state index in [1.165, 1.54) is 12.5 Å². The van der Waals surface area contributed by atoms with Gasteiger partial charge in [0, 0.05) is 37.1 Å². The summed E-state index contributed by atoms with van der Waals surface area (Å²) in [6.45, 7) is 1.73. The van der Waals surface area contributed by atoms with Gasteiger partial charge >= 0.3 is 0 Å². The number of benzene rings is 1. The van der Waals surface area contributed by atoms with E-state index in [-0.39, 0.29) is 42.8 Å². The topological polar surface area (TPSA) is 92.5 Å². The number of methoxy groups -OCH3 is 1. The Bertz CT molecular complexity index is 976. The summed E-state index contributed by atoms with van der Waals surface area (Å²) in [5.41, 5.74) is 0.685. The van der Waals surface area contributed by atoms with Crippen LogP contribution in [0.15, 0.2) is 47.3 Å². The second kappa shape index (κ2) is 7.69. The minimum absolute atomic E-state index is 0.00544. The molecule has 3 aliphatic heterocycles. The maximum Gasteiger partial charge on any atom is 0.257 e. The van der Waals surface area contributed by atoms with Crippen molar-refractivity contribution in [1.82, 2.24) is 9.80 Å². The number of fused-ring (bicyclic) bond motifs is 1. The van der Waals surface area contributed by atoms with Gasteiger partial charge in [0.15, 0.2) is 0 Å². The molecular formula is C23H26N2O6. The van der Waals surface area contributed by atoms with Gasteiger partial charge in [-0.1, -0.05) is 18.2 Å². The van der Waals surface area contributed by atoms with Crippen LogP contribution in [0.4, 0.5) is 0 Å². The molecular weight excluding hydrogens is 400 g/mol. The molecule has 8 heteroatoms. The lowest BCUT2D eigenvalue weighted by Crippen LogP contribution is -2.56. The summed E-state index contributed by atoms with van der Waals surface area (Å²) >= 11 is 0. The standard InChI is InChI=1S/C23H26N2O6/c1-29-19-5-3-2-4-15(19)8-21(27)24-10-20-17(11-26)18-9-25(14-23(18,13-24)31-20)22(28)16-6-7-30-12-16/h2-7,12,17-18,20,26H,8-11,13-14H2,1H3/t17-,18+,20+,23+/m0/s1. The summed E-state index contributed by atoms with van der Waals surface area (Å²) in [6, 6.07) is 9.15. The summed E-state index contributed by atoms with van der Waals surface area (Å²) in [5.74, 6) is 0.448. The van der Waals surface area contributed by atoms with Gasteiger partial charge in [-0.25, -0.2) is 0 Å². The number of amides is 2. The highest BCUT2D eigenvalue weighted by atomic mass is 16.5. The summed E-state index contributed by atoms with van der Waals surface area (Å²) < 4.78 is 16.8. The molecule has 31 heavy (non-hydrogen) atoms. The molecule has 1 aromatic carbocycles. The minimum atomic E-state index is -0.647. The van der Waals surface area contributed by atoms with Crippen molar-refractivity contribution in [3.63, 3.8) is 0 Å². The van der Waals surface area contributed by atoms with Crippen molar-refractivity contribution in [2.75, 3.05) is 39.9 Å². The van der Waals surface area contributed by atoms with Gasteiger partial charge in [0.05, 0.1) is 44.6 Å². The second-order valence-electron chi connectivity index (χ2n) is 8.63. The number of aliphatic hydroxyl groups is 1. The first kappa shape index (κ1) is 20.1. The largest absolute Gasteiger partial charge is 0.496 e. The molecule has 4 atom stereocenters. The number of para-hydroxylation sites is 1. The molecule has 0 unspecified atom stereocenters. The zero-order chi connectivity index (χ0) is 21.6. The van der Waals surface area contributed by atoms with Crippen molar-refractivity contribution in [3.8, 4) is 5.75 Å². The second-order valence-corrected chi connectivity index (χ2v) is 8.63. The van der Waals surface area contributed by atoms with Crippen LogP contribution < -0.4 is 4.74 Å². The van der Waals surface area contributed by atoms with Crippen LogP contribution in [0.3, 0.4) is 0 Å². The molecule has 2 bridgehead atoms. The molecule has 8 nitrogen and oxygen atoms in total. The highest BCUT2D eigenvalue weighted by molar-refractivity contribution is 5.94. The van der Waals surface area contributed by atoms with Gasteiger partial charge in [0.2, 0.25) is 5.91 Å². The minimum Gasteiger partial charge on any atom is -0.496 e. The van der Waals surface area contributed by atoms with E-state index < -0.39 is 5.60 Å². The monoisotopic (exact) mass is 426 g/mol. The Hall–Kier alpha value is -2.84. The maximum atomic E-state index is 13.2. The van der Waals surface area contributed by atoms with Crippen LogP contribution >= 0.6 is 0 Å². The number of ether oxygens (including phenoxy) is 2. The Labute approximate surface area is 180 Å². The van der Waals surface area contributed by atoms with Crippen molar-refractivity contribution >= 4 is 11.8 Å². The lowest BCUT2D eigenvalue weighted by Gasteiger charge is -2.40. The van der Waals surface area contributed by atoms with Crippen molar-refractivity contribution < 1.29 is 28.6 Å². The zero-order valence-electron chi connectivity index (χ0n) is 17.4. The fraction of sp³-hybridized carbons (Fsp3) is 0.478. The van der Waals surface area contributed by atoms with Gasteiger partial charge < -0.3 is 28.8 Å². The van der Waals surface area contributed by atoms with Crippen LogP contribution in [0.25, 0.3) is 0 Å². The van der Waals surface area contributed by atoms with Crippen LogP contribution in [0, 0.1) is 11.8 Å². The Morgan fingerprint density at radius 2 is 2.00 bits per heavy atom. The van der Waals surface area contributed by atoms with E-state index in [0.717, 1.165) is 5.56 Å². The number of rotatable bonds is 5. The Kier molecular flexibility index (Phi) is 4.98. The molecule has 4 heterocycles. The van der Waals surface area contributed by atoms with E-state index >= 15 is 0 Å². The Balaban J connectivity index is 1.36. The van der Waals surface area contributed by atoms with Gasteiger partial charge in [-0.15, -0.1) is 0 Å². The smallest absolute Gasteiger partial charge is 0.257 e. The number of morpholine rings is 1. The Morgan fingerprint density at radius 3 is 2.74 bits per heavy atom. The summed E-state index contributed by atoms with van der Waals surface area (Å²) in [5, 5.41) is 10.1. The summed E-state index contributed by atoms with van der Waals surface area (Å²) in [4.78, 5) is 29.6. The van der Waals surface area contributed by atoms with Gasteiger partial charge in [-0.3, -0.25) is 9.59 Å². The molecule has 1 aromatic heterocycles. The molecule has 0 radical (unpaired) electrons. The molecule has 3 saturated heterocycles. The fourth-order valence-electron chi connectivity index (χ4n) is 5.47. The third-order valence-electron chi connectivity index (χ3n) is 6.94. The highest BCUT2D eigenvalue weighted by Crippen LogP contribution is 2.49. The number of carbonyl (C=O) groups is 2. The van der Waals surface area contributed by atoms with Crippen LogP contribution in [0.5, 0.6) is 5.75 Å². The van der Waals surface area contributed by atoms with Crippen molar-refractivity contribution in [2.45, 2.75) is 18.1 Å². The molecule has 3 fully saturated rings. The average Bonchev–Trinajstić information content (AvgIpc) is 3.47. The molecule has 5 rings (SSSR count). The fourth-order valence-corrected chi connectivity index (χ4v) is 5.47. The predicted molar refractivity (Wildman–Crippen MR) is 110 cm³/mol. The predicted octanol–water partition coefficient (Wildman–Crippen LogP) is 1.19. The van der Waals surface area contributed by atoms with Gasteiger partial charge in [-0.2, -0.15) is 0 Å². The van der Waals surface area contributed by atoms with E-state index in [4.69, 9.17) is 13.9 Å². The van der Waals surface area contributed by atoms with Gasteiger partial charge in [-0.05, 0) is 12.1 Å². The zero-order valence-corrected chi connectivity index (χ0v) is 17.4. The Morgan fingerprint density at radius 1 is 1.19 bits per heavy atom. The first-order chi connectivity index (χ1) is 15.0. The maximum absolute atomic E-state index is 13.2. The number of hydrogen-bond acceptors (Lipinski definition) is 6. The third-order valence-corrected chi connectivity index (χ3v) is 6.94.